The zero-order chi connectivity index (χ0) is 28.0. The summed E-state index contributed by atoms with van der Waals surface area (Å²) in [6.07, 6.45) is -0.446. The lowest BCUT2D eigenvalue weighted by Crippen LogP contribution is -2.41. The Hall–Kier alpha value is -3.62. The van der Waals surface area contributed by atoms with Crippen molar-refractivity contribution >= 4 is 24.6 Å². The Bertz CT molecular complexity index is 1260. The van der Waals surface area contributed by atoms with Crippen LogP contribution in [0.15, 0.2) is 78.9 Å². The number of carbonyl (C=O) groups excluding carboxylic acids is 2. The number of rotatable bonds is 9. The minimum atomic E-state index is -0.654. The third-order valence-corrected chi connectivity index (χ3v) is 7.30. The number of ether oxygens (including phenoxy) is 2. The van der Waals surface area contributed by atoms with Gasteiger partial charge in [-0.1, -0.05) is 66.7 Å². The summed E-state index contributed by atoms with van der Waals surface area (Å²) in [5.74, 6) is -0.449. The van der Waals surface area contributed by atoms with Gasteiger partial charge in [0, 0.05) is 13.1 Å². The maximum absolute atomic E-state index is 13.0. The van der Waals surface area contributed by atoms with E-state index < -0.39 is 30.4 Å². The first-order chi connectivity index (χ1) is 18.6. The molecule has 8 heteroatoms. The monoisotopic (exact) mass is 529 g/mol. The van der Waals surface area contributed by atoms with Gasteiger partial charge in [-0.05, 0) is 68.9 Å². The fraction of sp³-hybridized carbons (Fsp3) is 0.355. The van der Waals surface area contributed by atoms with Gasteiger partial charge in [-0.25, -0.2) is 9.59 Å². The number of hydrogen-bond donors (Lipinski definition) is 0. The van der Waals surface area contributed by atoms with Gasteiger partial charge in [-0.3, -0.25) is 0 Å². The molecule has 0 unspecified atom stereocenters. The highest BCUT2D eigenvalue weighted by molar-refractivity contribution is 6.62. The Morgan fingerprint density at radius 3 is 1.87 bits per heavy atom. The van der Waals surface area contributed by atoms with Gasteiger partial charge >= 0.3 is 19.2 Å². The van der Waals surface area contributed by atoms with Crippen molar-refractivity contribution in [2.45, 2.75) is 65.6 Å². The van der Waals surface area contributed by atoms with Crippen LogP contribution >= 0.6 is 0 Å². The van der Waals surface area contributed by atoms with Crippen molar-refractivity contribution in [3.63, 3.8) is 0 Å². The first kappa shape index (κ1) is 28.4. The molecule has 204 valence electrons. The molecule has 0 saturated carbocycles. The first-order valence-corrected chi connectivity index (χ1v) is 13.2. The van der Waals surface area contributed by atoms with Crippen LogP contribution in [0.2, 0.25) is 0 Å². The Labute approximate surface area is 231 Å². The van der Waals surface area contributed by atoms with E-state index in [9.17, 15) is 9.59 Å². The lowest BCUT2D eigenvalue weighted by Gasteiger charge is -2.32. The average molecular weight is 529 g/mol. The molecule has 7 nitrogen and oxygen atoms in total. The third-order valence-electron chi connectivity index (χ3n) is 7.30. The van der Waals surface area contributed by atoms with Gasteiger partial charge in [0.05, 0.1) is 16.8 Å². The molecule has 1 saturated heterocycles. The molecule has 1 heterocycles. The van der Waals surface area contributed by atoms with Gasteiger partial charge in [0.15, 0.2) is 0 Å². The molecule has 3 aromatic rings. The van der Waals surface area contributed by atoms with Crippen LogP contribution in [0.5, 0.6) is 0 Å². The summed E-state index contributed by atoms with van der Waals surface area (Å²) >= 11 is 0. The van der Waals surface area contributed by atoms with Crippen molar-refractivity contribution in [2.75, 3.05) is 6.54 Å². The largest absolute Gasteiger partial charge is 0.495 e. The van der Waals surface area contributed by atoms with Gasteiger partial charge in [0.2, 0.25) is 0 Å². The van der Waals surface area contributed by atoms with E-state index in [0.29, 0.717) is 12.1 Å². The number of hydrogen-bond acceptors (Lipinski definition) is 6. The maximum atomic E-state index is 13.0. The molecule has 39 heavy (non-hydrogen) atoms. The third kappa shape index (κ3) is 6.88. The minimum absolute atomic E-state index is 0.168. The van der Waals surface area contributed by atoms with Crippen molar-refractivity contribution in [3.8, 4) is 0 Å². The Balaban J connectivity index is 1.56. The number of esters is 1. The van der Waals surface area contributed by atoms with Crippen LogP contribution in [0.4, 0.5) is 4.79 Å². The minimum Gasteiger partial charge on any atom is -0.457 e. The van der Waals surface area contributed by atoms with E-state index in [1.807, 2.05) is 101 Å². The molecule has 1 aliphatic rings. The summed E-state index contributed by atoms with van der Waals surface area (Å²) in [5.41, 5.74) is 2.59. The SMILES string of the molecule is CCN(Cc1cc(C(=O)OCc2ccccc2)ccc1B1OC(C)(C)C(C)(C)O1)C(=O)OCc1ccccc1. The highest BCUT2D eigenvalue weighted by atomic mass is 16.7. The van der Waals surface area contributed by atoms with Crippen molar-refractivity contribution < 1.29 is 28.4 Å². The summed E-state index contributed by atoms with van der Waals surface area (Å²) in [6.45, 7) is 10.8. The molecule has 1 fully saturated rings. The van der Waals surface area contributed by atoms with Gasteiger partial charge in [-0.2, -0.15) is 0 Å². The summed E-state index contributed by atoms with van der Waals surface area (Å²) < 4.78 is 23.8. The van der Waals surface area contributed by atoms with Gasteiger partial charge in [-0.15, -0.1) is 0 Å². The molecule has 1 aliphatic heterocycles. The maximum Gasteiger partial charge on any atom is 0.495 e. The second-order valence-corrected chi connectivity index (χ2v) is 10.6. The van der Waals surface area contributed by atoms with E-state index in [1.54, 1.807) is 17.0 Å². The van der Waals surface area contributed by atoms with Crippen LogP contribution in [-0.2, 0) is 38.5 Å². The van der Waals surface area contributed by atoms with E-state index in [1.165, 1.54) is 0 Å². The van der Waals surface area contributed by atoms with Gasteiger partial charge in [0.25, 0.3) is 0 Å². The Kier molecular flexibility index (Phi) is 8.78. The second-order valence-electron chi connectivity index (χ2n) is 10.6. The van der Waals surface area contributed by atoms with Crippen LogP contribution in [-0.4, -0.2) is 41.8 Å². The number of nitrogens with zero attached hydrogens (tertiary/aromatic N) is 1. The van der Waals surface area contributed by atoms with E-state index in [0.717, 1.165) is 22.2 Å². The molecule has 0 aliphatic carbocycles. The molecule has 0 spiro atoms. The predicted octanol–water partition coefficient (Wildman–Crippen LogP) is 5.50. The standard InChI is InChI=1S/C31H36BNO6/c1-6-33(29(35)37-22-24-15-11-8-12-16-24)20-26-19-25(28(34)36-21-23-13-9-7-10-14-23)17-18-27(26)32-38-30(2,3)31(4,5)39-32/h7-19H,6,20-22H2,1-5H3. The van der Waals surface area contributed by atoms with E-state index >= 15 is 0 Å². The molecule has 0 radical (unpaired) electrons. The molecule has 4 rings (SSSR count). The smallest absolute Gasteiger partial charge is 0.457 e. The van der Waals surface area contributed by atoms with Crippen molar-refractivity contribution in [3.05, 3.63) is 101 Å². The van der Waals surface area contributed by atoms with Gasteiger partial charge in [0.1, 0.15) is 13.2 Å². The van der Waals surface area contributed by atoms with Crippen LogP contribution < -0.4 is 5.46 Å². The van der Waals surface area contributed by atoms with Gasteiger partial charge < -0.3 is 23.7 Å². The van der Waals surface area contributed by atoms with Crippen LogP contribution in [0.3, 0.4) is 0 Å². The Morgan fingerprint density at radius 1 is 0.795 bits per heavy atom. The van der Waals surface area contributed by atoms with E-state index in [4.69, 9.17) is 18.8 Å². The molecular weight excluding hydrogens is 493 g/mol. The zero-order valence-corrected chi connectivity index (χ0v) is 23.3. The number of amides is 1. The second kappa shape index (κ2) is 12.1. The van der Waals surface area contributed by atoms with Crippen molar-refractivity contribution in [2.24, 2.45) is 0 Å². The summed E-state index contributed by atoms with van der Waals surface area (Å²) in [5, 5.41) is 0. The average Bonchev–Trinajstić information content (AvgIpc) is 3.16. The highest BCUT2D eigenvalue weighted by Gasteiger charge is 2.52. The highest BCUT2D eigenvalue weighted by Crippen LogP contribution is 2.36. The number of benzene rings is 3. The molecule has 0 aromatic heterocycles. The quantitative estimate of drug-likeness (QED) is 0.269. The summed E-state index contributed by atoms with van der Waals surface area (Å²) in [6, 6.07) is 24.3. The van der Waals surface area contributed by atoms with Crippen LogP contribution in [0, 0.1) is 0 Å². The molecule has 1 amide bonds. The molecular formula is C31H36BNO6. The predicted molar refractivity (Wildman–Crippen MR) is 150 cm³/mol. The topological polar surface area (TPSA) is 74.3 Å². The molecule has 0 bridgehead atoms. The fourth-order valence-electron chi connectivity index (χ4n) is 4.20. The van der Waals surface area contributed by atoms with Crippen LogP contribution in [0.1, 0.15) is 61.7 Å². The molecule has 0 N–H and O–H groups in total. The van der Waals surface area contributed by atoms with E-state index in [2.05, 4.69) is 0 Å². The zero-order valence-electron chi connectivity index (χ0n) is 23.3. The van der Waals surface area contributed by atoms with Crippen LogP contribution in [0.25, 0.3) is 0 Å². The molecule has 0 atom stereocenters. The first-order valence-electron chi connectivity index (χ1n) is 13.2. The number of carbonyl (C=O) groups is 2. The summed E-state index contributed by atoms with van der Waals surface area (Å²) in [7, 11) is -0.654. The fourth-order valence-corrected chi connectivity index (χ4v) is 4.20. The van der Waals surface area contributed by atoms with E-state index in [-0.39, 0.29) is 19.8 Å². The summed E-state index contributed by atoms with van der Waals surface area (Å²) in [4.78, 5) is 27.6. The van der Waals surface area contributed by atoms with Crippen molar-refractivity contribution in [1.29, 1.82) is 0 Å². The van der Waals surface area contributed by atoms with Crippen molar-refractivity contribution in [1.82, 2.24) is 4.90 Å². The lowest BCUT2D eigenvalue weighted by atomic mass is 9.75. The normalized spacial score (nSPS) is 15.6. The molecule has 3 aromatic carbocycles. The lowest BCUT2D eigenvalue weighted by molar-refractivity contribution is 0.00578. The Morgan fingerprint density at radius 2 is 1.33 bits per heavy atom.